The normalized spacial score (nSPS) is 11.3. The Balaban J connectivity index is 1.27. The molecule has 10 rings (SSSR count). The third-order valence-corrected chi connectivity index (χ3v) is 10.6. The van der Waals surface area contributed by atoms with Gasteiger partial charge in [-0.2, -0.15) is 0 Å². The summed E-state index contributed by atoms with van der Waals surface area (Å²) in [5.74, 6) is 0.922. The van der Waals surface area contributed by atoms with Gasteiger partial charge in [-0.25, -0.2) is 4.98 Å². The zero-order valence-corrected chi connectivity index (χ0v) is 30.2. The Morgan fingerprint density at radius 1 is 0.291 bits per heavy atom. The number of hydrogen-bond donors (Lipinski definition) is 0. The van der Waals surface area contributed by atoms with E-state index in [2.05, 4.69) is 223 Å². The fourth-order valence-corrected chi connectivity index (χ4v) is 8.16. The summed E-state index contributed by atoms with van der Waals surface area (Å²) in [6.45, 7) is 0. The van der Waals surface area contributed by atoms with Gasteiger partial charge in [0.05, 0.1) is 11.0 Å². The van der Waals surface area contributed by atoms with E-state index in [-0.39, 0.29) is 0 Å². The lowest BCUT2D eigenvalue weighted by Gasteiger charge is -2.24. The van der Waals surface area contributed by atoms with E-state index >= 15 is 0 Å². The van der Waals surface area contributed by atoms with E-state index in [1.807, 2.05) is 0 Å². The molecule has 1 heterocycles. The van der Waals surface area contributed by atoms with Crippen LogP contribution in [0.5, 0.6) is 0 Å². The minimum atomic E-state index is 0.922. The van der Waals surface area contributed by atoms with Crippen molar-refractivity contribution < 1.29 is 0 Å². The van der Waals surface area contributed by atoms with Crippen LogP contribution in [-0.2, 0) is 0 Å². The molecule has 0 saturated carbocycles. The highest BCUT2D eigenvalue weighted by Crippen LogP contribution is 2.51. The Kier molecular flexibility index (Phi) is 8.20. The van der Waals surface area contributed by atoms with Gasteiger partial charge < -0.3 is 0 Å². The average Bonchev–Trinajstić information content (AvgIpc) is 3.67. The van der Waals surface area contributed by atoms with Crippen molar-refractivity contribution in [3.63, 3.8) is 0 Å². The first-order valence-corrected chi connectivity index (χ1v) is 18.8. The number of aromatic nitrogens is 2. The van der Waals surface area contributed by atoms with E-state index in [1.54, 1.807) is 0 Å². The molecule has 55 heavy (non-hydrogen) atoms. The van der Waals surface area contributed by atoms with Gasteiger partial charge in [0.25, 0.3) is 0 Å². The maximum Gasteiger partial charge on any atom is 0.145 e. The van der Waals surface area contributed by atoms with Crippen LogP contribution < -0.4 is 0 Å². The second kappa shape index (κ2) is 13.9. The number of hydrogen-bond acceptors (Lipinski definition) is 1. The van der Waals surface area contributed by atoms with Gasteiger partial charge in [0.1, 0.15) is 5.82 Å². The quantitative estimate of drug-likeness (QED) is 0.162. The molecule has 0 aliphatic rings. The highest BCUT2D eigenvalue weighted by Gasteiger charge is 2.24. The van der Waals surface area contributed by atoms with Gasteiger partial charge in [0.15, 0.2) is 0 Å². The fourth-order valence-electron chi connectivity index (χ4n) is 8.16. The predicted octanol–water partition coefficient (Wildman–Crippen LogP) is 14.2. The van der Waals surface area contributed by atoms with Gasteiger partial charge >= 0.3 is 0 Å². The Morgan fingerprint density at radius 2 is 0.727 bits per heavy atom. The van der Waals surface area contributed by atoms with E-state index in [4.69, 9.17) is 4.98 Å². The summed E-state index contributed by atoms with van der Waals surface area (Å²) in [7, 11) is 0. The average molecular weight is 701 g/mol. The topological polar surface area (TPSA) is 17.8 Å². The molecule has 0 saturated heterocycles. The van der Waals surface area contributed by atoms with Crippen molar-refractivity contribution in [2.45, 2.75) is 0 Å². The van der Waals surface area contributed by atoms with E-state index < -0.39 is 0 Å². The van der Waals surface area contributed by atoms with E-state index in [0.29, 0.717) is 0 Å². The predicted molar refractivity (Wildman–Crippen MR) is 231 cm³/mol. The van der Waals surface area contributed by atoms with Crippen molar-refractivity contribution in [2.75, 3.05) is 0 Å². The molecule has 258 valence electrons. The number of nitrogens with zero attached hydrogens (tertiary/aromatic N) is 2. The standard InChI is InChI=1S/C53H36N2/c1-6-19-37(20-7-1)49-45-34-33-42(41-27-18-28-43(35-41)53-54-47-31-16-17-32-48(47)55(53)44-29-14-5-15-30-44)36-46(45)50(38-21-8-2-9-22-38)52(40-25-12-4-13-26-40)51(49)39-23-10-3-11-24-39/h1-36H. The lowest BCUT2D eigenvalue weighted by Crippen LogP contribution is -1.98. The van der Waals surface area contributed by atoms with E-state index in [0.717, 1.165) is 39.2 Å². The third kappa shape index (κ3) is 5.82. The number of fused-ring (bicyclic) bond motifs is 2. The summed E-state index contributed by atoms with van der Waals surface area (Å²) in [4.78, 5) is 5.19. The molecule has 2 nitrogen and oxygen atoms in total. The first kappa shape index (κ1) is 32.4. The number of benzene rings is 9. The van der Waals surface area contributed by atoms with Gasteiger partial charge in [-0.1, -0.05) is 182 Å². The molecule has 0 N–H and O–H groups in total. The van der Waals surface area contributed by atoms with Crippen LogP contribution in [0.4, 0.5) is 0 Å². The smallest absolute Gasteiger partial charge is 0.145 e. The lowest BCUT2D eigenvalue weighted by atomic mass is 9.78. The van der Waals surface area contributed by atoms with Crippen molar-refractivity contribution >= 4 is 21.8 Å². The number of imidazole rings is 1. The molecule has 0 amide bonds. The monoisotopic (exact) mass is 700 g/mol. The lowest BCUT2D eigenvalue weighted by molar-refractivity contribution is 1.10. The van der Waals surface area contributed by atoms with Crippen molar-refractivity contribution in [1.29, 1.82) is 0 Å². The Morgan fingerprint density at radius 3 is 1.31 bits per heavy atom. The molecule has 0 unspecified atom stereocenters. The first-order chi connectivity index (χ1) is 27.3. The third-order valence-electron chi connectivity index (χ3n) is 10.6. The van der Waals surface area contributed by atoms with Crippen molar-refractivity contribution in [1.82, 2.24) is 9.55 Å². The zero-order chi connectivity index (χ0) is 36.6. The minimum absolute atomic E-state index is 0.922. The summed E-state index contributed by atoms with van der Waals surface area (Å²) in [5, 5.41) is 2.43. The van der Waals surface area contributed by atoms with Gasteiger partial charge in [-0.3, -0.25) is 4.57 Å². The molecule has 0 aliphatic carbocycles. The van der Waals surface area contributed by atoms with Gasteiger partial charge in [-0.05, 0) is 103 Å². The highest BCUT2D eigenvalue weighted by molar-refractivity contribution is 6.18. The molecule has 0 fully saturated rings. The molecule has 10 aromatic rings. The van der Waals surface area contributed by atoms with E-state index in [1.165, 1.54) is 55.3 Å². The van der Waals surface area contributed by atoms with Crippen molar-refractivity contribution in [3.8, 4) is 72.7 Å². The van der Waals surface area contributed by atoms with Gasteiger partial charge in [0, 0.05) is 11.3 Å². The molecule has 1 aromatic heterocycles. The summed E-state index contributed by atoms with van der Waals surface area (Å²) in [6.07, 6.45) is 0. The van der Waals surface area contributed by atoms with Gasteiger partial charge in [0.2, 0.25) is 0 Å². The molecule has 9 aromatic carbocycles. The van der Waals surface area contributed by atoms with Crippen LogP contribution in [0.15, 0.2) is 218 Å². The summed E-state index contributed by atoms with van der Waals surface area (Å²) in [6, 6.07) is 78.3. The van der Waals surface area contributed by atoms with Crippen LogP contribution in [-0.4, -0.2) is 9.55 Å². The maximum atomic E-state index is 5.19. The van der Waals surface area contributed by atoms with Crippen LogP contribution in [0.3, 0.4) is 0 Å². The van der Waals surface area contributed by atoms with Crippen LogP contribution >= 0.6 is 0 Å². The molecule has 0 spiro atoms. The fraction of sp³-hybridized carbons (Fsp3) is 0. The van der Waals surface area contributed by atoms with E-state index in [9.17, 15) is 0 Å². The first-order valence-electron chi connectivity index (χ1n) is 18.8. The van der Waals surface area contributed by atoms with Crippen LogP contribution in [0.25, 0.3) is 94.5 Å². The number of para-hydroxylation sites is 3. The molecule has 2 heteroatoms. The van der Waals surface area contributed by atoms with Crippen LogP contribution in [0.2, 0.25) is 0 Å². The summed E-state index contributed by atoms with van der Waals surface area (Å²) in [5.41, 5.74) is 16.2. The molecule has 0 atom stereocenters. The maximum absolute atomic E-state index is 5.19. The van der Waals surface area contributed by atoms with Crippen molar-refractivity contribution in [3.05, 3.63) is 218 Å². The highest BCUT2D eigenvalue weighted by atomic mass is 15.1. The minimum Gasteiger partial charge on any atom is -0.292 e. The summed E-state index contributed by atoms with van der Waals surface area (Å²) >= 11 is 0. The van der Waals surface area contributed by atoms with Crippen molar-refractivity contribution in [2.24, 2.45) is 0 Å². The zero-order valence-electron chi connectivity index (χ0n) is 30.2. The van der Waals surface area contributed by atoms with Crippen LogP contribution in [0.1, 0.15) is 0 Å². The second-order valence-corrected chi connectivity index (χ2v) is 13.9. The summed E-state index contributed by atoms with van der Waals surface area (Å²) < 4.78 is 2.27. The second-order valence-electron chi connectivity index (χ2n) is 13.9. The van der Waals surface area contributed by atoms with Gasteiger partial charge in [-0.15, -0.1) is 0 Å². The molecular weight excluding hydrogens is 665 g/mol. The molecular formula is C53H36N2. The largest absolute Gasteiger partial charge is 0.292 e. The van der Waals surface area contributed by atoms with Crippen LogP contribution in [0, 0.1) is 0 Å². The SMILES string of the molecule is c1ccc(-c2c(-c3ccccc3)c(-c3ccccc3)c3cc(-c4cccc(-c5nc6ccccc6n5-c5ccccc5)c4)ccc3c2-c2ccccc2)cc1. The molecule has 0 radical (unpaired) electrons. The molecule has 0 aliphatic heterocycles. The Bertz CT molecular complexity index is 2930. The molecule has 0 bridgehead atoms. The Hall–Kier alpha value is -7.29. The number of rotatable bonds is 7. The Labute approximate surface area is 321 Å².